The molecule has 2 nitrogen and oxygen atoms in total. The van der Waals surface area contributed by atoms with Crippen molar-refractivity contribution in [2.45, 2.75) is 13.8 Å². The van der Waals surface area contributed by atoms with E-state index in [9.17, 15) is 0 Å². The van der Waals surface area contributed by atoms with Crippen LogP contribution in [0.15, 0.2) is 48.5 Å². The third-order valence-electron chi connectivity index (χ3n) is 3.35. The molecule has 0 radical (unpaired) electrons. The Bertz CT molecular complexity index is 534. The number of nitrogens with zero attached hydrogens (tertiary/aromatic N) is 1. The van der Waals surface area contributed by atoms with E-state index in [-0.39, 0.29) is 0 Å². The van der Waals surface area contributed by atoms with Gasteiger partial charge in [-0.25, -0.2) is 0 Å². The molecule has 0 aromatic heterocycles. The van der Waals surface area contributed by atoms with Gasteiger partial charge in [0, 0.05) is 31.5 Å². The molecule has 1 N–H and O–H groups in total. The van der Waals surface area contributed by atoms with Gasteiger partial charge in [0.05, 0.1) is 0 Å². The third-order valence-corrected chi connectivity index (χ3v) is 3.35. The summed E-state index contributed by atoms with van der Waals surface area (Å²) < 4.78 is 0. The van der Waals surface area contributed by atoms with Crippen LogP contribution in [0.3, 0.4) is 0 Å². The second-order valence-electron chi connectivity index (χ2n) is 5.00. The summed E-state index contributed by atoms with van der Waals surface area (Å²) in [4.78, 5) is 2.28. The molecule has 0 spiro atoms. The Balaban J connectivity index is 1.88. The van der Waals surface area contributed by atoms with Crippen molar-refractivity contribution in [2.24, 2.45) is 0 Å². The van der Waals surface area contributed by atoms with E-state index in [4.69, 9.17) is 0 Å². The van der Waals surface area contributed by atoms with Crippen molar-refractivity contribution in [2.75, 3.05) is 30.4 Å². The van der Waals surface area contributed by atoms with Crippen LogP contribution in [-0.2, 0) is 0 Å². The van der Waals surface area contributed by atoms with Crippen molar-refractivity contribution in [1.82, 2.24) is 0 Å². The monoisotopic (exact) mass is 254 g/mol. The fraction of sp³-hybridized carbons (Fsp3) is 0.294. The van der Waals surface area contributed by atoms with Crippen LogP contribution in [-0.4, -0.2) is 20.1 Å². The lowest BCUT2D eigenvalue weighted by atomic mass is 10.2. The van der Waals surface area contributed by atoms with E-state index in [1.54, 1.807) is 0 Å². The van der Waals surface area contributed by atoms with Gasteiger partial charge in [-0.2, -0.15) is 0 Å². The number of benzene rings is 2. The summed E-state index contributed by atoms with van der Waals surface area (Å²) in [7, 11) is 2.13. The zero-order chi connectivity index (χ0) is 13.7. The number of rotatable bonds is 5. The lowest BCUT2D eigenvalue weighted by Crippen LogP contribution is -2.24. The number of hydrogen-bond donors (Lipinski definition) is 1. The van der Waals surface area contributed by atoms with Crippen LogP contribution in [0.5, 0.6) is 0 Å². The average Bonchev–Trinajstić information content (AvgIpc) is 2.41. The Morgan fingerprint density at radius 3 is 2.53 bits per heavy atom. The zero-order valence-electron chi connectivity index (χ0n) is 12.0. The van der Waals surface area contributed by atoms with Crippen LogP contribution in [0.25, 0.3) is 0 Å². The first-order valence-corrected chi connectivity index (χ1v) is 6.74. The topological polar surface area (TPSA) is 15.3 Å². The van der Waals surface area contributed by atoms with Crippen LogP contribution >= 0.6 is 0 Å². The second-order valence-corrected chi connectivity index (χ2v) is 5.00. The molecule has 2 heteroatoms. The molecule has 0 fully saturated rings. The number of nitrogens with one attached hydrogen (secondary N) is 1. The molecular formula is C17H22N2. The minimum Gasteiger partial charge on any atom is -0.383 e. The van der Waals surface area contributed by atoms with Crippen LogP contribution in [0.1, 0.15) is 11.1 Å². The highest BCUT2D eigenvalue weighted by Crippen LogP contribution is 2.15. The molecule has 2 aromatic rings. The van der Waals surface area contributed by atoms with E-state index in [1.807, 2.05) is 0 Å². The molecule has 100 valence electrons. The van der Waals surface area contributed by atoms with Gasteiger partial charge in [-0.3, -0.25) is 0 Å². The van der Waals surface area contributed by atoms with Gasteiger partial charge in [-0.1, -0.05) is 30.3 Å². The largest absolute Gasteiger partial charge is 0.383 e. The zero-order valence-corrected chi connectivity index (χ0v) is 12.0. The molecule has 19 heavy (non-hydrogen) atoms. The Morgan fingerprint density at radius 1 is 1.00 bits per heavy atom. The first kappa shape index (κ1) is 13.5. The van der Waals surface area contributed by atoms with Crippen LogP contribution in [0, 0.1) is 13.8 Å². The van der Waals surface area contributed by atoms with Crippen molar-refractivity contribution < 1.29 is 0 Å². The Labute approximate surface area is 116 Å². The maximum Gasteiger partial charge on any atom is 0.0370 e. The number of para-hydroxylation sites is 1. The van der Waals surface area contributed by atoms with Gasteiger partial charge in [0.2, 0.25) is 0 Å². The fourth-order valence-electron chi connectivity index (χ4n) is 2.12. The number of hydrogen-bond acceptors (Lipinski definition) is 2. The van der Waals surface area contributed by atoms with E-state index in [0.717, 1.165) is 13.1 Å². The van der Waals surface area contributed by atoms with E-state index in [2.05, 4.69) is 79.6 Å². The molecule has 0 saturated carbocycles. The molecule has 0 unspecified atom stereocenters. The summed E-state index contributed by atoms with van der Waals surface area (Å²) in [6, 6.07) is 17.0. The highest BCUT2D eigenvalue weighted by Gasteiger charge is 2.01. The molecule has 0 heterocycles. The second kappa shape index (κ2) is 6.28. The van der Waals surface area contributed by atoms with E-state index < -0.39 is 0 Å². The van der Waals surface area contributed by atoms with E-state index in [1.165, 1.54) is 22.5 Å². The normalized spacial score (nSPS) is 10.3. The van der Waals surface area contributed by atoms with Gasteiger partial charge in [0.1, 0.15) is 0 Å². The van der Waals surface area contributed by atoms with Gasteiger partial charge < -0.3 is 10.2 Å². The van der Waals surface area contributed by atoms with Gasteiger partial charge >= 0.3 is 0 Å². The smallest absolute Gasteiger partial charge is 0.0370 e. The van der Waals surface area contributed by atoms with Gasteiger partial charge in [-0.05, 0) is 43.2 Å². The van der Waals surface area contributed by atoms with Crippen molar-refractivity contribution in [3.8, 4) is 0 Å². The molecule has 0 amide bonds. The molecule has 0 aliphatic heterocycles. The first-order valence-electron chi connectivity index (χ1n) is 6.74. The molecule has 0 aliphatic rings. The lowest BCUT2D eigenvalue weighted by molar-refractivity contribution is 0.913. The van der Waals surface area contributed by atoms with Crippen LogP contribution < -0.4 is 10.2 Å². The van der Waals surface area contributed by atoms with Crippen molar-refractivity contribution >= 4 is 11.4 Å². The molecule has 0 saturated heterocycles. The standard InChI is InChI=1S/C17H22N2/c1-14-7-6-9-16(13-14)19(3)12-11-18-17-10-5-4-8-15(17)2/h4-10,13,18H,11-12H2,1-3H3. The lowest BCUT2D eigenvalue weighted by Gasteiger charge is -2.20. The van der Waals surface area contributed by atoms with E-state index >= 15 is 0 Å². The molecular weight excluding hydrogens is 232 g/mol. The van der Waals surface area contributed by atoms with Crippen LogP contribution in [0.4, 0.5) is 11.4 Å². The predicted octanol–water partition coefficient (Wildman–Crippen LogP) is 3.85. The summed E-state index contributed by atoms with van der Waals surface area (Å²) in [5, 5.41) is 3.49. The Kier molecular flexibility index (Phi) is 4.45. The molecule has 2 rings (SSSR count). The minimum atomic E-state index is 0.940. The first-order chi connectivity index (χ1) is 9.16. The third kappa shape index (κ3) is 3.75. The number of aryl methyl sites for hydroxylation is 2. The van der Waals surface area contributed by atoms with Gasteiger partial charge in [0.15, 0.2) is 0 Å². The maximum atomic E-state index is 3.49. The molecule has 0 bridgehead atoms. The highest BCUT2D eigenvalue weighted by molar-refractivity contribution is 5.51. The van der Waals surface area contributed by atoms with Gasteiger partial charge in [-0.15, -0.1) is 0 Å². The summed E-state index contributed by atoms with van der Waals surface area (Å²) >= 11 is 0. The molecule has 0 atom stereocenters. The summed E-state index contributed by atoms with van der Waals surface area (Å²) in [5.41, 5.74) is 5.09. The van der Waals surface area contributed by atoms with Gasteiger partial charge in [0.25, 0.3) is 0 Å². The molecule has 0 aliphatic carbocycles. The predicted molar refractivity (Wildman–Crippen MR) is 84.1 cm³/mol. The number of anilines is 2. The quantitative estimate of drug-likeness (QED) is 0.871. The van der Waals surface area contributed by atoms with Crippen molar-refractivity contribution in [1.29, 1.82) is 0 Å². The Morgan fingerprint density at radius 2 is 1.79 bits per heavy atom. The fourth-order valence-corrected chi connectivity index (χ4v) is 2.12. The summed E-state index contributed by atoms with van der Waals surface area (Å²) in [6.45, 7) is 6.18. The average molecular weight is 254 g/mol. The SMILES string of the molecule is Cc1cccc(N(C)CCNc2ccccc2C)c1. The van der Waals surface area contributed by atoms with Crippen molar-refractivity contribution in [3.05, 3.63) is 59.7 Å². The van der Waals surface area contributed by atoms with Crippen LogP contribution in [0.2, 0.25) is 0 Å². The summed E-state index contributed by atoms with van der Waals surface area (Å²) in [6.07, 6.45) is 0. The summed E-state index contributed by atoms with van der Waals surface area (Å²) in [5.74, 6) is 0. The maximum absolute atomic E-state index is 3.49. The minimum absolute atomic E-state index is 0.940. The highest BCUT2D eigenvalue weighted by atomic mass is 15.1. The Hall–Kier alpha value is -1.96. The van der Waals surface area contributed by atoms with E-state index in [0.29, 0.717) is 0 Å². The molecule has 2 aromatic carbocycles. The van der Waals surface area contributed by atoms with Crippen molar-refractivity contribution in [3.63, 3.8) is 0 Å². The number of likely N-dealkylation sites (N-methyl/N-ethyl adjacent to an activating group) is 1.